The first kappa shape index (κ1) is 20.5. The Morgan fingerprint density at radius 3 is 2.83 bits per heavy atom. The molecule has 2 rings (SSSR count). The third-order valence-corrected chi connectivity index (χ3v) is 6.50. The van der Waals surface area contributed by atoms with E-state index < -0.39 is 0 Å². The van der Waals surface area contributed by atoms with Gasteiger partial charge in [0.25, 0.3) is 0 Å². The Labute approximate surface area is 151 Å². The van der Waals surface area contributed by atoms with Crippen molar-refractivity contribution in [2.24, 2.45) is 5.92 Å². The van der Waals surface area contributed by atoms with Crippen molar-refractivity contribution in [1.29, 1.82) is 0 Å². The Morgan fingerprint density at radius 1 is 1.48 bits per heavy atom. The molecule has 1 aliphatic heterocycles. The van der Waals surface area contributed by atoms with Crippen LogP contribution in [-0.4, -0.2) is 47.5 Å². The van der Waals surface area contributed by atoms with Crippen LogP contribution in [0.5, 0.6) is 0 Å². The highest BCUT2D eigenvalue weighted by atomic mass is 33.1. The second-order valence-corrected chi connectivity index (χ2v) is 8.95. The fourth-order valence-corrected chi connectivity index (χ4v) is 4.52. The molecule has 0 unspecified atom stereocenters. The molecule has 0 radical (unpaired) electrons. The summed E-state index contributed by atoms with van der Waals surface area (Å²) in [5.41, 5.74) is 0.991. The van der Waals surface area contributed by atoms with Crippen molar-refractivity contribution in [3.63, 3.8) is 0 Å². The first-order valence-electron chi connectivity index (χ1n) is 7.63. The van der Waals surface area contributed by atoms with Crippen molar-refractivity contribution in [1.82, 2.24) is 15.5 Å². The summed E-state index contributed by atoms with van der Waals surface area (Å²) in [6, 6.07) is 1.91. The second kappa shape index (κ2) is 11.9. The van der Waals surface area contributed by atoms with Crippen LogP contribution in [0, 0.1) is 5.92 Å². The summed E-state index contributed by atoms with van der Waals surface area (Å²) in [5.74, 6) is 4.25. The van der Waals surface area contributed by atoms with Crippen LogP contribution in [0.2, 0.25) is 0 Å². The zero-order chi connectivity index (χ0) is 17.1. The number of aromatic nitrogens is 2. The zero-order valence-corrected chi connectivity index (χ0v) is 16.6. The Hall–Kier alpha value is -0.570. The molecule has 0 aromatic carbocycles. The number of carbonyl (C=O) groups is 1. The summed E-state index contributed by atoms with van der Waals surface area (Å²) < 4.78 is 0. The summed E-state index contributed by atoms with van der Waals surface area (Å²) in [4.78, 5) is 13.0. The van der Waals surface area contributed by atoms with Gasteiger partial charge in [0, 0.05) is 34.7 Å². The SMILES string of the molecule is CCSSCCC(=O)Nc1cc(C2=C[C@H](C)CS2)[nH]n1.CNC. The highest BCUT2D eigenvalue weighted by molar-refractivity contribution is 8.76. The monoisotopic (exact) mass is 374 g/mol. The molecule has 8 heteroatoms. The van der Waals surface area contributed by atoms with Crippen LogP contribution in [0.3, 0.4) is 0 Å². The van der Waals surface area contributed by atoms with Crippen molar-refractivity contribution in [2.45, 2.75) is 20.3 Å². The summed E-state index contributed by atoms with van der Waals surface area (Å²) in [6.45, 7) is 4.31. The van der Waals surface area contributed by atoms with Crippen LogP contribution in [-0.2, 0) is 4.79 Å². The predicted molar refractivity (Wildman–Crippen MR) is 107 cm³/mol. The van der Waals surface area contributed by atoms with Gasteiger partial charge in [-0.3, -0.25) is 9.89 Å². The third kappa shape index (κ3) is 8.19. The molecule has 130 valence electrons. The lowest BCUT2D eigenvalue weighted by Gasteiger charge is -2.00. The number of carbonyl (C=O) groups excluding carboxylic acids is 1. The summed E-state index contributed by atoms with van der Waals surface area (Å²) in [5, 5.41) is 12.7. The smallest absolute Gasteiger partial charge is 0.226 e. The van der Waals surface area contributed by atoms with E-state index in [-0.39, 0.29) is 5.91 Å². The number of allylic oxidation sites excluding steroid dienone is 1. The van der Waals surface area contributed by atoms with E-state index in [2.05, 4.69) is 40.8 Å². The number of hydrogen-bond acceptors (Lipinski definition) is 6. The molecule has 0 saturated carbocycles. The number of H-pyrrole nitrogens is 1. The Morgan fingerprint density at radius 2 is 2.22 bits per heavy atom. The highest BCUT2D eigenvalue weighted by Crippen LogP contribution is 2.36. The molecule has 1 aromatic rings. The van der Waals surface area contributed by atoms with Gasteiger partial charge in [-0.25, -0.2) is 0 Å². The first-order chi connectivity index (χ1) is 11.1. The molecule has 23 heavy (non-hydrogen) atoms. The number of hydrogen-bond donors (Lipinski definition) is 3. The molecule has 0 spiro atoms. The lowest BCUT2D eigenvalue weighted by Crippen LogP contribution is -2.12. The van der Waals surface area contributed by atoms with Crippen molar-refractivity contribution in [2.75, 3.05) is 36.7 Å². The molecule has 0 bridgehead atoms. The summed E-state index contributed by atoms with van der Waals surface area (Å²) >= 11 is 1.83. The number of aromatic amines is 1. The van der Waals surface area contributed by atoms with E-state index in [9.17, 15) is 4.79 Å². The van der Waals surface area contributed by atoms with Crippen LogP contribution in [0.15, 0.2) is 12.1 Å². The molecule has 5 nitrogen and oxygen atoms in total. The standard InChI is InChI=1S/C13H19N3OS3.C2H7N/c1-3-19-20-5-4-13(17)14-12-7-10(15-16-12)11-6-9(2)8-18-11;1-3-2/h6-7,9H,3-5,8H2,1-2H3,(H2,14,15,16,17);3H,1-2H3/t9-;/m0./s1. The largest absolute Gasteiger partial charge is 0.323 e. The summed E-state index contributed by atoms with van der Waals surface area (Å²) in [6.07, 6.45) is 2.76. The van der Waals surface area contributed by atoms with Crippen LogP contribution in [0.1, 0.15) is 26.0 Å². The van der Waals surface area contributed by atoms with E-state index >= 15 is 0 Å². The molecule has 0 fully saturated rings. The number of nitrogens with zero attached hydrogens (tertiary/aromatic N) is 1. The quantitative estimate of drug-likeness (QED) is 0.499. The lowest BCUT2D eigenvalue weighted by molar-refractivity contribution is -0.115. The maximum Gasteiger partial charge on any atom is 0.226 e. The highest BCUT2D eigenvalue weighted by Gasteiger charge is 2.16. The third-order valence-electron chi connectivity index (χ3n) is 2.66. The molecule has 3 N–H and O–H groups in total. The molecule has 1 atom stereocenters. The Bertz CT molecular complexity index is 505. The van der Waals surface area contributed by atoms with Gasteiger partial charge in [0.15, 0.2) is 5.82 Å². The number of rotatable bonds is 7. The topological polar surface area (TPSA) is 69.8 Å². The molecule has 0 saturated heterocycles. The molecular formula is C15H26N4OS3. The van der Waals surface area contributed by atoms with Crippen LogP contribution >= 0.6 is 33.3 Å². The Kier molecular flexibility index (Phi) is 10.6. The maximum atomic E-state index is 11.8. The van der Waals surface area contributed by atoms with Gasteiger partial charge in [-0.05, 0) is 20.0 Å². The molecule has 1 aromatic heterocycles. The van der Waals surface area contributed by atoms with Crippen LogP contribution in [0.25, 0.3) is 4.91 Å². The number of anilines is 1. The molecule has 2 heterocycles. The van der Waals surface area contributed by atoms with E-state index in [1.54, 1.807) is 21.6 Å². The zero-order valence-electron chi connectivity index (χ0n) is 14.1. The minimum atomic E-state index is 0.0219. The lowest BCUT2D eigenvalue weighted by atomic mass is 10.2. The first-order valence-corrected chi connectivity index (χ1v) is 11.1. The molecule has 1 amide bonds. The van der Waals surface area contributed by atoms with E-state index in [4.69, 9.17) is 0 Å². The molecular weight excluding hydrogens is 348 g/mol. The minimum absolute atomic E-state index is 0.0219. The van der Waals surface area contributed by atoms with E-state index in [0.717, 1.165) is 23.0 Å². The van der Waals surface area contributed by atoms with Crippen molar-refractivity contribution < 1.29 is 4.79 Å². The number of nitrogens with one attached hydrogen (secondary N) is 3. The van der Waals surface area contributed by atoms with Gasteiger partial charge < -0.3 is 10.6 Å². The van der Waals surface area contributed by atoms with Gasteiger partial charge in [0.05, 0.1) is 5.69 Å². The molecule has 1 aliphatic rings. The number of thioether (sulfide) groups is 1. The number of amides is 1. The van der Waals surface area contributed by atoms with Crippen molar-refractivity contribution in [3.05, 3.63) is 17.8 Å². The Balaban J connectivity index is 0.000000816. The minimum Gasteiger partial charge on any atom is -0.323 e. The van der Waals surface area contributed by atoms with Crippen LogP contribution < -0.4 is 10.6 Å². The van der Waals surface area contributed by atoms with Crippen molar-refractivity contribution >= 4 is 50.0 Å². The van der Waals surface area contributed by atoms with Gasteiger partial charge in [0.1, 0.15) is 0 Å². The fourth-order valence-electron chi connectivity index (χ4n) is 1.74. The van der Waals surface area contributed by atoms with E-state index in [0.29, 0.717) is 18.2 Å². The van der Waals surface area contributed by atoms with Gasteiger partial charge in [-0.2, -0.15) is 5.10 Å². The average Bonchev–Trinajstić information content (AvgIpc) is 3.13. The summed E-state index contributed by atoms with van der Waals surface area (Å²) in [7, 11) is 7.27. The second-order valence-electron chi connectivity index (χ2n) is 5.01. The maximum absolute atomic E-state index is 11.8. The van der Waals surface area contributed by atoms with Gasteiger partial charge >= 0.3 is 0 Å². The van der Waals surface area contributed by atoms with Gasteiger partial charge in [0.2, 0.25) is 5.91 Å². The van der Waals surface area contributed by atoms with Gasteiger partial charge in [-0.15, -0.1) is 11.8 Å². The fraction of sp³-hybridized carbons (Fsp3) is 0.600. The van der Waals surface area contributed by atoms with E-state index in [1.807, 2.05) is 31.9 Å². The predicted octanol–water partition coefficient (Wildman–Crippen LogP) is 3.70. The molecule has 0 aliphatic carbocycles. The van der Waals surface area contributed by atoms with Crippen LogP contribution in [0.4, 0.5) is 5.82 Å². The van der Waals surface area contributed by atoms with Gasteiger partial charge in [-0.1, -0.05) is 41.5 Å². The normalized spacial score (nSPS) is 16.5. The van der Waals surface area contributed by atoms with E-state index in [1.165, 1.54) is 4.91 Å². The van der Waals surface area contributed by atoms with Crippen molar-refractivity contribution in [3.8, 4) is 0 Å². The average molecular weight is 375 g/mol.